The summed E-state index contributed by atoms with van der Waals surface area (Å²) in [6, 6.07) is 12.6. The molecule has 1 N–H and O–H groups in total. The molecule has 0 saturated heterocycles. The molecule has 116 valence electrons. The monoisotopic (exact) mass is 329 g/mol. The summed E-state index contributed by atoms with van der Waals surface area (Å²) in [6.45, 7) is 0. The molecule has 1 unspecified atom stereocenters. The Bertz CT molecular complexity index is 785. The van der Waals surface area contributed by atoms with Gasteiger partial charge in [0, 0.05) is 23.6 Å². The first-order valence-corrected chi connectivity index (χ1v) is 7.29. The van der Waals surface area contributed by atoms with Gasteiger partial charge in [0.2, 0.25) is 0 Å². The molecule has 0 fully saturated rings. The highest BCUT2D eigenvalue weighted by molar-refractivity contribution is 6.30. The molecule has 7 heteroatoms. The second-order valence-electron chi connectivity index (χ2n) is 5.12. The summed E-state index contributed by atoms with van der Waals surface area (Å²) in [5.41, 5.74) is 2.23. The zero-order valence-electron chi connectivity index (χ0n) is 11.9. The number of nitro benzene ring substituents is 1. The second-order valence-corrected chi connectivity index (χ2v) is 5.56. The van der Waals surface area contributed by atoms with Crippen molar-refractivity contribution in [3.63, 3.8) is 0 Å². The van der Waals surface area contributed by atoms with Gasteiger partial charge < -0.3 is 5.32 Å². The van der Waals surface area contributed by atoms with Gasteiger partial charge in [0.15, 0.2) is 0 Å². The number of non-ortho nitro benzene ring substituents is 1. The van der Waals surface area contributed by atoms with Crippen LogP contribution in [0.4, 0.5) is 10.5 Å². The molecule has 1 atom stereocenters. The van der Waals surface area contributed by atoms with Crippen LogP contribution in [0.15, 0.2) is 53.5 Å². The largest absolute Gasteiger partial charge is 0.341 e. The Balaban J connectivity index is 1.86. The molecule has 3 rings (SSSR count). The van der Waals surface area contributed by atoms with Crippen LogP contribution in [0.1, 0.15) is 23.6 Å². The fourth-order valence-corrected chi connectivity index (χ4v) is 2.57. The van der Waals surface area contributed by atoms with Gasteiger partial charge in [-0.15, -0.1) is 0 Å². The van der Waals surface area contributed by atoms with Crippen LogP contribution < -0.4 is 5.32 Å². The maximum Gasteiger partial charge on any atom is 0.341 e. The van der Waals surface area contributed by atoms with E-state index in [1.165, 1.54) is 12.1 Å². The van der Waals surface area contributed by atoms with Crippen LogP contribution in [-0.2, 0) is 0 Å². The summed E-state index contributed by atoms with van der Waals surface area (Å²) >= 11 is 5.88. The highest BCUT2D eigenvalue weighted by atomic mass is 35.5. The zero-order chi connectivity index (χ0) is 16.4. The number of halogens is 1. The van der Waals surface area contributed by atoms with E-state index in [1.54, 1.807) is 24.3 Å². The Labute approximate surface area is 137 Å². The van der Waals surface area contributed by atoms with Crippen molar-refractivity contribution in [2.24, 2.45) is 4.99 Å². The lowest BCUT2D eigenvalue weighted by atomic mass is 9.96. The lowest BCUT2D eigenvalue weighted by molar-refractivity contribution is -0.384. The predicted octanol–water partition coefficient (Wildman–Crippen LogP) is 3.89. The minimum Gasteiger partial charge on any atom is -0.329 e. The molecule has 0 aliphatic carbocycles. The number of nitrogens with one attached hydrogen (secondary N) is 1. The number of urea groups is 1. The number of hydrogen-bond acceptors (Lipinski definition) is 3. The summed E-state index contributed by atoms with van der Waals surface area (Å²) in [7, 11) is 0. The van der Waals surface area contributed by atoms with Crippen LogP contribution >= 0.6 is 11.6 Å². The Morgan fingerprint density at radius 3 is 2.39 bits per heavy atom. The van der Waals surface area contributed by atoms with E-state index in [4.69, 9.17) is 11.6 Å². The zero-order valence-corrected chi connectivity index (χ0v) is 12.7. The highest BCUT2D eigenvalue weighted by Crippen LogP contribution is 2.25. The van der Waals surface area contributed by atoms with Gasteiger partial charge >= 0.3 is 6.03 Å². The lowest BCUT2D eigenvalue weighted by Gasteiger charge is -2.23. The van der Waals surface area contributed by atoms with Crippen LogP contribution in [-0.4, -0.2) is 16.7 Å². The van der Waals surface area contributed by atoms with Crippen LogP contribution in [0.25, 0.3) is 0 Å². The Morgan fingerprint density at radius 1 is 1.13 bits per heavy atom. The first-order valence-electron chi connectivity index (χ1n) is 6.91. The molecular weight excluding hydrogens is 318 g/mol. The van der Waals surface area contributed by atoms with E-state index >= 15 is 0 Å². The summed E-state index contributed by atoms with van der Waals surface area (Å²) in [5.74, 6) is 0. The Kier molecular flexibility index (Phi) is 4.08. The fourth-order valence-electron chi connectivity index (χ4n) is 2.45. The van der Waals surface area contributed by atoms with Crippen molar-refractivity contribution in [2.45, 2.75) is 12.5 Å². The third-order valence-electron chi connectivity index (χ3n) is 3.62. The minimum atomic E-state index is -0.463. The summed E-state index contributed by atoms with van der Waals surface area (Å²) in [6.07, 6.45) is 0.505. The standard InChI is InChI=1S/C16H12ClN3O3/c17-12-5-1-10(2-6-12)14-9-15(19-16(21)18-14)11-3-7-13(8-4-11)20(22)23/h1-8,14H,9H2,(H,18,21). The maximum atomic E-state index is 11.8. The van der Waals surface area contributed by atoms with E-state index < -0.39 is 11.0 Å². The van der Waals surface area contributed by atoms with E-state index in [9.17, 15) is 14.9 Å². The van der Waals surface area contributed by atoms with Crippen LogP contribution in [0.3, 0.4) is 0 Å². The van der Waals surface area contributed by atoms with Crippen LogP contribution in [0.5, 0.6) is 0 Å². The van der Waals surface area contributed by atoms with Gasteiger partial charge in [0.25, 0.3) is 5.69 Å². The smallest absolute Gasteiger partial charge is 0.329 e. The SMILES string of the molecule is O=C1N=C(c2ccc([N+](=O)[O-])cc2)CC(c2ccc(Cl)cc2)N1. The number of hydrogen-bond donors (Lipinski definition) is 1. The molecule has 0 radical (unpaired) electrons. The van der Waals surface area contributed by atoms with Crippen molar-refractivity contribution in [3.05, 3.63) is 74.8 Å². The Hall–Kier alpha value is -2.73. The molecule has 1 heterocycles. The van der Waals surface area contributed by atoms with Crippen molar-refractivity contribution < 1.29 is 9.72 Å². The van der Waals surface area contributed by atoms with Gasteiger partial charge in [-0.25, -0.2) is 4.79 Å². The number of aliphatic imine (C=N–C) groups is 1. The number of nitro groups is 1. The van der Waals surface area contributed by atoms with Gasteiger partial charge in [-0.1, -0.05) is 23.7 Å². The molecule has 6 nitrogen and oxygen atoms in total. The molecule has 0 aromatic heterocycles. The average molecular weight is 330 g/mol. The predicted molar refractivity (Wildman–Crippen MR) is 87.0 cm³/mol. The van der Waals surface area contributed by atoms with Crippen molar-refractivity contribution in [3.8, 4) is 0 Å². The first-order chi connectivity index (χ1) is 11.0. The molecule has 2 amide bonds. The average Bonchev–Trinajstić information content (AvgIpc) is 2.55. The van der Waals surface area contributed by atoms with Gasteiger partial charge in [0.1, 0.15) is 0 Å². The second kappa shape index (κ2) is 6.18. The van der Waals surface area contributed by atoms with Gasteiger partial charge in [-0.2, -0.15) is 4.99 Å². The van der Waals surface area contributed by atoms with Crippen molar-refractivity contribution in [1.29, 1.82) is 0 Å². The molecule has 2 aromatic rings. The molecule has 0 saturated carbocycles. The molecular formula is C16H12ClN3O3. The van der Waals surface area contributed by atoms with E-state index in [0.717, 1.165) is 5.56 Å². The molecule has 0 spiro atoms. The van der Waals surface area contributed by atoms with Crippen LogP contribution in [0.2, 0.25) is 5.02 Å². The number of nitrogens with zero attached hydrogens (tertiary/aromatic N) is 2. The third kappa shape index (κ3) is 3.37. The lowest BCUT2D eigenvalue weighted by Crippen LogP contribution is -2.33. The highest BCUT2D eigenvalue weighted by Gasteiger charge is 2.23. The maximum absolute atomic E-state index is 11.8. The Morgan fingerprint density at radius 2 is 1.78 bits per heavy atom. The van der Waals surface area contributed by atoms with Crippen molar-refractivity contribution in [1.82, 2.24) is 5.32 Å². The molecule has 1 aliphatic heterocycles. The summed E-state index contributed by atoms with van der Waals surface area (Å²) in [4.78, 5) is 26.1. The topological polar surface area (TPSA) is 84.6 Å². The number of carbonyl (C=O) groups excluding carboxylic acids is 1. The van der Waals surface area contributed by atoms with E-state index in [0.29, 0.717) is 22.7 Å². The number of amides is 2. The quantitative estimate of drug-likeness (QED) is 0.684. The van der Waals surface area contributed by atoms with Gasteiger partial charge in [0.05, 0.1) is 16.7 Å². The normalized spacial score (nSPS) is 17.3. The van der Waals surface area contributed by atoms with Gasteiger partial charge in [-0.05, 0) is 35.4 Å². The third-order valence-corrected chi connectivity index (χ3v) is 3.87. The fraction of sp³-hybridized carbons (Fsp3) is 0.125. The number of benzene rings is 2. The molecule has 1 aliphatic rings. The van der Waals surface area contributed by atoms with Crippen LogP contribution in [0, 0.1) is 10.1 Å². The van der Waals surface area contributed by atoms with E-state index in [1.807, 2.05) is 12.1 Å². The first kappa shape index (κ1) is 15.2. The van der Waals surface area contributed by atoms with E-state index in [-0.39, 0.29) is 11.7 Å². The molecule has 2 aromatic carbocycles. The minimum absolute atomic E-state index is 0.00358. The summed E-state index contributed by atoms with van der Waals surface area (Å²) in [5, 5.41) is 14.1. The van der Waals surface area contributed by atoms with Crippen molar-refractivity contribution >= 4 is 29.0 Å². The van der Waals surface area contributed by atoms with Crippen molar-refractivity contribution in [2.75, 3.05) is 0 Å². The van der Waals surface area contributed by atoms with Gasteiger partial charge in [-0.3, -0.25) is 10.1 Å². The van der Waals surface area contributed by atoms with E-state index in [2.05, 4.69) is 10.3 Å². The summed E-state index contributed by atoms with van der Waals surface area (Å²) < 4.78 is 0. The molecule has 0 bridgehead atoms. The molecule has 23 heavy (non-hydrogen) atoms. The number of rotatable bonds is 3. The number of carbonyl (C=O) groups is 1.